The van der Waals surface area contributed by atoms with E-state index in [-0.39, 0.29) is 0 Å². The van der Waals surface area contributed by atoms with Crippen molar-refractivity contribution in [1.29, 1.82) is 0 Å². The van der Waals surface area contributed by atoms with Crippen LogP contribution in [0, 0.1) is 0 Å². The van der Waals surface area contributed by atoms with Gasteiger partial charge in [0.1, 0.15) is 0 Å². The van der Waals surface area contributed by atoms with Crippen molar-refractivity contribution in [3.8, 4) is 0 Å². The van der Waals surface area contributed by atoms with Crippen LogP contribution < -0.4 is 0 Å². The topological polar surface area (TPSA) is 48.4 Å². The third-order valence-electron chi connectivity index (χ3n) is 3.67. The number of fused-ring (bicyclic) bond motifs is 3. The molecule has 0 saturated carbocycles. The molecular weight excluding hydrogens is 212 g/mol. The third kappa shape index (κ3) is 1.62. The van der Waals surface area contributed by atoms with E-state index in [9.17, 15) is 0 Å². The Morgan fingerprint density at radius 3 is 2.94 bits per heavy atom. The maximum Gasteiger partial charge on any atom is 0.0837 e. The zero-order valence-corrected chi connectivity index (χ0v) is 9.95. The molecule has 0 bridgehead atoms. The third-order valence-corrected chi connectivity index (χ3v) is 3.67. The fraction of sp³-hybridized carbons (Fsp3) is 0.357. The average molecular weight is 228 g/mol. The highest BCUT2D eigenvalue weighted by Crippen LogP contribution is 2.29. The van der Waals surface area contributed by atoms with Gasteiger partial charge in [-0.2, -0.15) is 0 Å². The fourth-order valence-electron chi connectivity index (χ4n) is 2.70. The number of oxime groups is 1. The summed E-state index contributed by atoms with van der Waals surface area (Å²) < 4.78 is 0. The second-order valence-electron chi connectivity index (χ2n) is 4.73. The molecule has 0 saturated heterocycles. The van der Waals surface area contributed by atoms with Crippen molar-refractivity contribution in [1.82, 2.24) is 4.98 Å². The summed E-state index contributed by atoms with van der Waals surface area (Å²) in [6, 6.07) is 6.24. The van der Waals surface area contributed by atoms with E-state index < -0.39 is 0 Å². The maximum atomic E-state index is 8.80. The minimum absolute atomic E-state index is 0.652. The number of nitrogens with one attached hydrogen (secondary N) is 1. The van der Waals surface area contributed by atoms with Gasteiger partial charge in [0.05, 0.1) is 5.71 Å². The lowest BCUT2D eigenvalue weighted by Gasteiger charge is -2.10. The van der Waals surface area contributed by atoms with Gasteiger partial charge >= 0.3 is 0 Å². The molecule has 0 radical (unpaired) electrons. The van der Waals surface area contributed by atoms with Crippen molar-refractivity contribution in [2.45, 2.75) is 32.6 Å². The zero-order valence-electron chi connectivity index (χ0n) is 9.95. The number of aryl methyl sites for hydroxylation is 2. The van der Waals surface area contributed by atoms with E-state index in [0.29, 0.717) is 5.71 Å². The molecule has 0 fully saturated rings. The summed E-state index contributed by atoms with van der Waals surface area (Å²) in [4.78, 5) is 3.50. The van der Waals surface area contributed by atoms with Gasteiger partial charge in [-0.3, -0.25) is 0 Å². The van der Waals surface area contributed by atoms with E-state index in [0.717, 1.165) is 17.5 Å². The second-order valence-corrected chi connectivity index (χ2v) is 4.73. The Kier molecular flexibility index (Phi) is 2.39. The van der Waals surface area contributed by atoms with Crippen LogP contribution in [0.4, 0.5) is 0 Å². The van der Waals surface area contributed by atoms with E-state index in [1.54, 1.807) is 0 Å². The fourth-order valence-corrected chi connectivity index (χ4v) is 2.70. The molecule has 2 aromatic rings. The quantitative estimate of drug-likeness (QED) is 0.439. The minimum atomic E-state index is 0.652. The van der Waals surface area contributed by atoms with Gasteiger partial charge < -0.3 is 10.2 Å². The molecule has 3 rings (SSSR count). The molecule has 0 atom stereocenters. The van der Waals surface area contributed by atoms with Gasteiger partial charge in [0.15, 0.2) is 0 Å². The zero-order chi connectivity index (χ0) is 11.8. The van der Waals surface area contributed by atoms with E-state index in [1.165, 1.54) is 35.9 Å². The highest BCUT2D eigenvalue weighted by atomic mass is 16.4. The molecular formula is C14H16N2O. The van der Waals surface area contributed by atoms with E-state index >= 15 is 0 Å². The van der Waals surface area contributed by atoms with Crippen molar-refractivity contribution in [3.05, 3.63) is 35.0 Å². The first-order valence-electron chi connectivity index (χ1n) is 6.12. The van der Waals surface area contributed by atoms with Gasteiger partial charge in [-0.15, -0.1) is 0 Å². The number of H-pyrrole nitrogens is 1. The van der Waals surface area contributed by atoms with Crippen molar-refractivity contribution < 1.29 is 5.21 Å². The first-order chi connectivity index (χ1) is 8.29. The Balaban J connectivity index is 2.18. The van der Waals surface area contributed by atoms with Gasteiger partial charge in [0.2, 0.25) is 0 Å². The highest BCUT2D eigenvalue weighted by molar-refractivity contribution is 6.01. The number of aromatic nitrogens is 1. The Hall–Kier alpha value is -1.77. The first-order valence-corrected chi connectivity index (χ1v) is 6.12. The van der Waals surface area contributed by atoms with Crippen LogP contribution in [-0.4, -0.2) is 15.9 Å². The number of benzene rings is 1. The maximum absolute atomic E-state index is 8.80. The van der Waals surface area contributed by atoms with Crippen molar-refractivity contribution in [3.63, 3.8) is 0 Å². The minimum Gasteiger partial charge on any atom is -0.411 e. The summed E-state index contributed by atoms with van der Waals surface area (Å²) in [5, 5.41) is 13.4. The van der Waals surface area contributed by atoms with Gasteiger partial charge in [0.25, 0.3) is 0 Å². The Morgan fingerprint density at radius 2 is 2.12 bits per heavy atom. The summed E-state index contributed by atoms with van der Waals surface area (Å²) in [6.45, 7) is 1.81. The predicted molar refractivity (Wildman–Crippen MR) is 68.9 cm³/mol. The summed E-state index contributed by atoms with van der Waals surface area (Å²) in [6.07, 6.45) is 4.91. The van der Waals surface area contributed by atoms with Crippen LogP contribution in [0.1, 0.15) is 36.6 Å². The largest absolute Gasteiger partial charge is 0.411 e. The van der Waals surface area contributed by atoms with Crippen molar-refractivity contribution in [2.24, 2.45) is 5.16 Å². The molecule has 88 valence electrons. The first kappa shape index (κ1) is 10.4. The molecule has 1 aromatic carbocycles. The van der Waals surface area contributed by atoms with Crippen LogP contribution in [0.25, 0.3) is 10.9 Å². The van der Waals surface area contributed by atoms with Crippen LogP contribution in [-0.2, 0) is 12.8 Å². The molecule has 3 nitrogen and oxygen atoms in total. The van der Waals surface area contributed by atoms with Crippen LogP contribution >= 0.6 is 0 Å². The molecule has 1 aliphatic carbocycles. The lowest BCUT2D eigenvalue weighted by Crippen LogP contribution is -1.99. The van der Waals surface area contributed by atoms with Gasteiger partial charge in [0, 0.05) is 22.2 Å². The highest BCUT2D eigenvalue weighted by Gasteiger charge is 2.15. The predicted octanol–water partition coefficient (Wildman–Crippen LogP) is 3.24. The Labute approximate surface area is 100 Å². The molecule has 1 aromatic heterocycles. The van der Waals surface area contributed by atoms with Crippen molar-refractivity contribution >= 4 is 16.6 Å². The molecule has 1 aliphatic rings. The van der Waals surface area contributed by atoms with Crippen LogP contribution in [0.3, 0.4) is 0 Å². The Bertz CT molecular complexity index is 596. The molecule has 2 N–H and O–H groups in total. The van der Waals surface area contributed by atoms with E-state index in [1.807, 2.05) is 13.0 Å². The van der Waals surface area contributed by atoms with Crippen LogP contribution in [0.5, 0.6) is 0 Å². The summed E-state index contributed by atoms with van der Waals surface area (Å²) >= 11 is 0. The smallest absolute Gasteiger partial charge is 0.0837 e. The average Bonchev–Trinajstić information content (AvgIpc) is 2.75. The van der Waals surface area contributed by atoms with Crippen LogP contribution in [0.15, 0.2) is 23.4 Å². The number of rotatable bonds is 1. The van der Waals surface area contributed by atoms with E-state index in [4.69, 9.17) is 5.21 Å². The monoisotopic (exact) mass is 228 g/mol. The van der Waals surface area contributed by atoms with Gasteiger partial charge in [-0.05, 0) is 44.2 Å². The van der Waals surface area contributed by atoms with Gasteiger partial charge in [-0.25, -0.2) is 0 Å². The number of hydrogen-bond donors (Lipinski definition) is 2. The SMILES string of the molecule is CC(=NO)c1ccc2c3c([nH]c2c1)CCCC3. The molecule has 17 heavy (non-hydrogen) atoms. The molecule has 1 heterocycles. The molecule has 3 heteroatoms. The molecule has 0 spiro atoms. The van der Waals surface area contributed by atoms with Crippen LogP contribution in [0.2, 0.25) is 0 Å². The molecule has 0 unspecified atom stereocenters. The van der Waals surface area contributed by atoms with E-state index in [2.05, 4.69) is 22.3 Å². The summed E-state index contributed by atoms with van der Waals surface area (Å²) in [7, 11) is 0. The molecule has 0 amide bonds. The number of hydrogen-bond acceptors (Lipinski definition) is 2. The number of nitrogens with zero attached hydrogens (tertiary/aromatic N) is 1. The Morgan fingerprint density at radius 1 is 1.29 bits per heavy atom. The summed E-state index contributed by atoms with van der Waals surface area (Å²) in [5.74, 6) is 0. The lowest BCUT2D eigenvalue weighted by atomic mass is 9.95. The van der Waals surface area contributed by atoms with Crippen molar-refractivity contribution in [2.75, 3.05) is 0 Å². The molecule has 0 aliphatic heterocycles. The summed E-state index contributed by atoms with van der Waals surface area (Å²) in [5.41, 5.74) is 5.66. The lowest BCUT2D eigenvalue weighted by molar-refractivity contribution is 0.319. The second kappa shape index (κ2) is 3.91. The number of aromatic amines is 1. The normalized spacial score (nSPS) is 16.2. The van der Waals surface area contributed by atoms with Gasteiger partial charge in [-0.1, -0.05) is 17.3 Å². The standard InChI is InChI=1S/C14H16N2O/c1-9(16-17)10-6-7-12-11-4-2-3-5-13(11)15-14(12)8-10/h6-8,15,17H,2-5H2,1H3.